The van der Waals surface area contributed by atoms with Gasteiger partial charge in [-0.3, -0.25) is 0 Å². The molecule has 1 aromatic heterocycles. The molecule has 18 heavy (non-hydrogen) atoms. The largest absolute Gasteiger partial charge is 0.383 e. The van der Waals surface area contributed by atoms with Crippen molar-refractivity contribution in [3.05, 3.63) is 11.3 Å². The molecule has 0 radical (unpaired) electrons. The molecule has 1 heterocycles. The summed E-state index contributed by atoms with van der Waals surface area (Å²) in [5, 5.41) is 0.538. The standard InChI is InChI=1S/C14H21N3S/c15-13-11(9-5-1-2-6-9)12(16-14(18)17-13)10-7-3-4-8-10/h9-10H,1-8H2,(H3,15,16,17,18). The second kappa shape index (κ2) is 5.08. The van der Waals surface area contributed by atoms with Gasteiger partial charge in [0.05, 0.1) is 5.69 Å². The molecule has 0 aromatic carbocycles. The van der Waals surface area contributed by atoms with E-state index in [9.17, 15) is 0 Å². The fourth-order valence-electron chi connectivity index (χ4n) is 3.64. The predicted molar refractivity (Wildman–Crippen MR) is 76.1 cm³/mol. The van der Waals surface area contributed by atoms with E-state index in [0.29, 0.717) is 22.8 Å². The number of hydrogen-bond donors (Lipinski definition) is 2. The molecule has 0 unspecified atom stereocenters. The van der Waals surface area contributed by atoms with Gasteiger partial charge in [0.25, 0.3) is 0 Å². The zero-order chi connectivity index (χ0) is 12.5. The van der Waals surface area contributed by atoms with Crippen LogP contribution >= 0.6 is 12.6 Å². The summed E-state index contributed by atoms with van der Waals surface area (Å²) in [4.78, 5) is 8.91. The zero-order valence-electron chi connectivity index (χ0n) is 10.7. The SMILES string of the molecule is Nc1nc(S)nc(C2CCCC2)c1C1CCCC1. The summed E-state index contributed by atoms with van der Waals surface area (Å²) >= 11 is 4.30. The quantitative estimate of drug-likeness (QED) is 0.632. The molecule has 1 aromatic rings. The van der Waals surface area contributed by atoms with Crippen molar-refractivity contribution in [3.8, 4) is 0 Å². The van der Waals surface area contributed by atoms with E-state index in [0.717, 1.165) is 0 Å². The lowest BCUT2D eigenvalue weighted by Crippen LogP contribution is -2.12. The fourth-order valence-corrected chi connectivity index (χ4v) is 3.85. The molecular weight excluding hydrogens is 242 g/mol. The van der Waals surface area contributed by atoms with Crippen LogP contribution < -0.4 is 5.73 Å². The monoisotopic (exact) mass is 263 g/mol. The lowest BCUT2D eigenvalue weighted by atomic mass is 9.90. The van der Waals surface area contributed by atoms with Gasteiger partial charge < -0.3 is 5.73 Å². The van der Waals surface area contributed by atoms with Crippen molar-refractivity contribution in [1.29, 1.82) is 0 Å². The smallest absolute Gasteiger partial charge is 0.186 e. The molecule has 2 N–H and O–H groups in total. The van der Waals surface area contributed by atoms with E-state index in [-0.39, 0.29) is 0 Å². The predicted octanol–water partition coefficient (Wildman–Crippen LogP) is 3.66. The first-order valence-electron chi connectivity index (χ1n) is 7.12. The Morgan fingerprint density at radius 3 is 2.06 bits per heavy atom. The van der Waals surface area contributed by atoms with E-state index >= 15 is 0 Å². The molecule has 2 fully saturated rings. The highest BCUT2D eigenvalue weighted by atomic mass is 32.1. The first-order valence-corrected chi connectivity index (χ1v) is 7.56. The number of nitrogens with two attached hydrogens (primary N) is 1. The van der Waals surface area contributed by atoms with E-state index in [2.05, 4.69) is 22.6 Å². The molecule has 0 saturated heterocycles. The van der Waals surface area contributed by atoms with Gasteiger partial charge in [-0.1, -0.05) is 25.7 Å². The summed E-state index contributed by atoms with van der Waals surface area (Å²) in [5.74, 6) is 1.87. The summed E-state index contributed by atoms with van der Waals surface area (Å²) in [6, 6.07) is 0. The highest BCUT2D eigenvalue weighted by Gasteiger charge is 2.29. The Morgan fingerprint density at radius 2 is 1.44 bits per heavy atom. The zero-order valence-corrected chi connectivity index (χ0v) is 11.6. The third-order valence-electron chi connectivity index (χ3n) is 4.50. The number of aromatic nitrogens is 2. The number of nitrogen functional groups attached to an aromatic ring is 1. The highest BCUT2D eigenvalue weighted by Crippen LogP contribution is 2.43. The van der Waals surface area contributed by atoms with Gasteiger partial charge in [-0.25, -0.2) is 9.97 Å². The molecule has 2 aliphatic rings. The van der Waals surface area contributed by atoms with Crippen molar-refractivity contribution in [1.82, 2.24) is 9.97 Å². The molecule has 3 rings (SSSR count). The van der Waals surface area contributed by atoms with Crippen molar-refractivity contribution in [2.24, 2.45) is 0 Å². The first-order chi connectivity index (χ1) is 8.75. The summed E-state index contributed by atoms with van der Waals surface area (Å²) in [5.41, 5.74) is 8.65. The Hall–Kier alpha value is -0.770. The minimum Gasteiger partial charge on any atom is -0.383 e. The molecule has 2 aliphatic carbocycles. The molecule has 2 saturated carbocycles. The molecular formula is C14H21N3S. The minimum absolute atomic E-state index is 0.538. The summed E-state index contributed by atoms with van der Waals surface area (Å²) in [6.07, 6.45) is 10.3. The maximum Gasteiger partial charge on any atom is 0.186 e. The third kappa shape index (κ3) is 2.22. The number of rotatable bonds is 2. The van der Waals surface area contributed by atoms with Crippen molar-refractivity contribution in [2.75, 3.05) is 5.73 Å². The molecule has 0 spiro atoms. The average molecular weight is 263 g/mol. The number of nitrogens with zero attached hydrogens (tertiary/aromatic N) is 2. The molecule has 0 atom stereocenters. The topological polar surface area (TPSA) is 51.8 Å². The van der Waals surface area contributed by atoms with Crippen LogP contribution in [0.15, 0.2) is 5.16 Å². The van der Waals surface area contributed by atoms with Gasteiger partial charge in [0.15, 0.2) is 5.16 Å². The van der Waals surface area contributed by atoms with Gasteiger partial charge in [-0.15, -0.1) is 12.6 Å². The second-order valence-corrected chi connectivity index (χ2v) is 6.07. The van der Waals surface area contributed by atoms with Crippen LogP contribution in [-0.4, -0.2) is 9.97 Å². The van der Waals surface area contributed by atoms with E-state index < -0.39 is 0 Å². The van der Waals surface area contributed by atoms with Crippen molar-refractivity contribution in [2.45, 2.75) is 68.4 Å². The van der Waals surface area contributed by atoms with Gasteiger partial charge >= 0.3 is 0 Å². The summed E-state index contributed by atoms with van der Waals surface area (Å²) in [7, 11) is 0. The Bertz CT molecular complexity index is 435. The molecule has 98 valence electrons. The Balaban J connectivity index is 2.03. The minimum atomic E-state index is 0.538. The average Bonchev–Trinajstić information content (AvgIpc) is 3.01. The summed E-state index contributed by atoms with van der Waals surface area (Å²) < 4.78 is 0. The van der Waals surface area contributed by atoms with E-state index in [4.69, 9.17) is 5.73 Å². The van der Waals surface area contributed by atoms with Gasteiger partial charge in [0.1, 0.15) is 5.82 Å². The van der Waals surface area contributed by atoms with Crippen LogP contribution in [-0.2, 0) is 0 Å². The lowest BCUT2D eigenvalue weighted by Gasteiger charge is -2.20. The van der Waals surface area contributed by atoms with Gasteiger partial charge in [0, 0.05) is 11.5 Å². The van der Waals surface area contributed by atoms with Gasteiger partial charge in [0.2, 0.25) is 0 Å². The van der Waals surface area contributed by atoms with Crippen LogP contribution in [0.5, 0.6) is 0 Å². The number of anilines is 1. The van der Waals surface area contributed by atoms with Crippen LogP contribution in [0, 0.1) is 0 Å². The Labute approximate surface area is 114 Å². The normalized spacial score (nSPS) is 21.8. The van der Waals surface area contributed by atoms with Gasteiger partial charge in [-0.2, -0.15) is 0 Å². The third-order valence-corrected chi connectivity index (χ3v) is 4.70. The van der Waals surface area contributed by atoms with Crippen molar-refractivity contribution >= 4 is 18.4 Å². The highest BCUT2D eigenvalue weighted by molar-refractivity contribution is 7.80. The number of thiol groups is 1. The summed E-state index contributed by atoms with van der Waals surface area (Å²) in [6.45, 7) is 0. The van der Waals surface area contributed by atoms with E-state index in [1.165, 1.54) is 62.6 Å². The molecule has 3 nitrogen and oxygen atoms in total. The molecule has 0 bridgehead atoms. The molecule has 0 aliphatic heterocycles. The Kier molecular flexibility index (Phi) is 3.46. The van der Waals surface area contributed by atoms with Crippen LogP contribution in [0.4, 0.5) is 5.82 Å². The van der Waals surface area contributed by atoms with Crippen LogP contribution in [0.2, 0.25) is 0 Å². The maximum absolute atomic E-state index is 6.17. The van der Waals surface area contributed by atoms with Gasteiger partial charge in [-0.05, 0) is 31.6 Å². The van der Waals surface area contributed by atoms with E-state index in [1.54, 1.807) is 0 Å². The first kappa shape index (κ1) is 12.3. The molecule has 0 amide bonds. The Morgan fingerprint density at radius 1 is 0.889 bits per heavy atom. The second-order valence-electron chi connectivity index (χ2n) is 5.67. The van der Waals surface area contributed by atoms with Crippen LogP contribution in [0.3, 0.4) is 0 Å². The molecule has 4 heteroatoms. The maximum atomic E-state index is 6.17. The fraction of sp³-hybridized carbons (Fsp3) is 0.714. The number of hydrogen-bond acceptors (Lipinski definition) is 4. The van der Waals surface area contributed by atoms with Crippen molar-refractivity contribution in [3.63, 3.8) is 0 Å². The van der Waals surface area contributed by atoms with Crippen molar-refractivity contribution < 1.29 is 0 Å². The van der Waals surface area contributed by atoms with E-state index in [1.807, 2.05) is 0 Å². The lowest BCUT2D eigenvalue weighted by molar-refractivity contribution is 0.629. The van der Waals surface area contributed by atoms with Crippen LogP contribution in [0.1, 0.15) is 74.5 Å². The van der Waals surface area contributed by atoms with Crippen LogP contribution in [0.25, 0.3) is 0 Å².